The van der Waals surface area contributed by atoms with E-state index in [0.29, 0.717) is 12.6 Å². The first kappa shape index (κ1) is 23.4. The van der Waals surface area contributed by atoms with Gasteiger partial charge in [-0.15, -0.1) is 0 Å². The number of nitrogens with zero attached hydrogens (tertiary/aromatic N) is 4. The maximum Gasteiger partial charge on any atom is 0.410 e. The third-order valence-corrected chi connectivity index (χ3v) is 8.42. The average Bonchev–Trinajstić information content (AvgIpc) is 3.24. The maximum atomic E-state index is 14.3. The van der Waals surface area contributed by atoms with Crippen LogP contribution in [0.25, 0.3) is 0 Å². The van der Waals surface area contributed by atoms with Crippen molar-refractivity contribution < 1.29 is 18.7 Å². The number of hydrogen-bond donors (Lipinski definition) is 0. The summed E-state index contributed by atoms with van der Waals surface area (Å²) in [6.45, 7) is 6.27. The van der Waals surface area contributed by atoms with E-state index >= 15 is 0 Å². The van der Waals surface area contributed by atoms with Gasteiger partial charge in [-0.3, -0.25) is 4.90 Å². The van der Waals surface area contributed by atoms with Crippen LogP contribution in [0.1, 0.15) is 57.9 Å². The molecule has 186 valence electrons. The summed E-state index contributed by atoms with van der Waals surface area (Å²) in [6, 6.07) is 5.80. The largest absolute Gasteiger partial charge is 0.447 e. The van der Waals surface area contributed by atoms with Crippen molar-refractivity contribution in [2.24, 2.45) is 0 Å². The van der Waals surface area contributed by atoms with Crippen LogP contribution in [0, 0.1) is 5.82 Å². The second-order valence-electron chi connectivity index (χ2n) is 11.1. The Bertz CT molecular complexity index is 945. The third kappa shape index (κ3) is 3.93. The Kier molecular flexibility index (Phi) is 5.99. The third-order valence-electron chi connectivity index (χ3n) is 8.42. The van der Waals surface area contributed by atoms with Crippen LogP contribution in [-0.2, 0) is 10.2 Å². The van der Waals surface area contributed by atoms with Crippen molar-refractivity contribution in [1.82, 2.24) is 14.7 Å². The van der Waals surface area contributed by atoms with Crippen molar-refractivity contribution in [1.29, 1.82) is 0 Å². The molecule has 4 heterocycles. The van der Waals surface area contributed by atoms with Gasteiger partial charge in [0.2, 0.25) is 0 Å². The Labute approximate surface area is 201 Å². The minimum atomic E-state index is -0.239. The lowest BCUT2D eigenvalue weighted by atomic mass is 9.73. The summed E-state index contributed by atoms with van der Waals surface area (Å²) in [6.07, 6.45) is 5.66. The van der Waals surface area contributed by atoms with Gasteiger partial charge in [0.1, 0.15) is 5.82 Å². The van der Waals surface area contributed by atoms with E-state index in [-0.39, 0.29) is 41.5 Å². The highest BCUT2D eigenvalue weighted by Gasteiger charge is 2.50. The molecule has 0 aromatic heterocycles. The lowest BCUT2D eigenvalue weighted by Gasteiger charge is -2.47. The van der Waals surface area contributed by atoms with Gasteiger partial charge in [0.05, 0.1) is 6.10 Å². The number of piperidine rings is 2. The summed E-state index contributed by atoms with van der Waals surface area (Å²) >= 11 is 0. The number of carbonyl (C=O) groups excluding carboxylic acids is 2. The van der Waals surface area contributed by atoms with Crippen LogP contribution >= 0.6 is 0 Å². The molecule has 0 radical (unpaired) electrons. The fraction of sp³-hybridized carbons (Fsp3) is 0.692. The quantitative estimate of drug-likeness (QED) is 0.647. The molecule has 2 unspecified atom stereocenters. The van der Waals surface area contributed by atoms with Gasteiger partial charge in [0.25, 0.3) is 0 Å². The monoisotopic (exact) mass is 472 g/mol. The molecule has 4 aliphatic heterocycles. The van der Waals surface area contributed by atoms with Crippen molar-refractivity contribution in [2.75, 3.05) is 38.6 Å². The summed E-state index contributed by atoms with van der Waals surface area (Å²) in [5.74, 6) is -0.239. The van der Waals surface area contributed by atoms with Crippen molar-refractivity contribution in [3.05, 3.63) is 29.6 Å². The van der Waals surface area contributed by atoms with Crippen molar-refractivity contribution >= 4 is 17.8 Å². The first-order valence-electron chi connectivity index (χ1n) is 12.7. The second kappa shape index (κ2) is 8.70. The number of ether oxygens (including phenoxy) is 1. The average molecular weight is 473 g/mol. The van der Waals surface area contributed by atoms with E-state index in [2.05, 4.69) is 4.90 Å². The van der Waals surface area contributed by atoms with Gasteiger partial charge in [-0.05, 0) is 89.2 Å². The van der Waals surface area contributed by atoms with Gasteiger partial charge in [-0.1, -0.05) is 0 Å². The van der Waals surface area contributed by atoms with Crippen molar-refractivity contribution in [3.8, 4) is 0 Å². The molecule has 0 saturated carbocycles. The number of likely N-dealkylation sites (tertiary alicyclic amines) is 1. The molecule has 2 atom stereocenters. The van der Waals surface area contributed by atoms with E-state index in [1.807, 2.05) is 23.6 Å². The molecular formula is C26H37FN4O3. The number of halogens is 1. The highest BCUT2D eigenvalue weighted by molar-refractivity contribution is 5.95. The Hall–Kier alpha value is -2.35. The van der Waals surface area contributed by atoms with Crippen molar-refractivity contribution in [3.63, 3.8) is 0 Å². The Balaban J connectivity index is 1.28. The zero-order chi connectivity index (χ0) is 24.2. The normalized spacial score (nSPS) is 27.9. The number of urea groups is 1. The molecule has 7 nitrogen and oxygen atoms in total. The molecule has 5 rings (SSSR count). The number of rotatable bonds is 2. The molecule has 4 aliphatic rings. The lowest BCUT2D eigenvalue weighted by Crippen LogP contribution is -2.56. The fourth-order valence-electron chi connectivity index (χ4n) is 6.81. The summed E-state index contributed by atoms with van der Waals surface area (Å²) in [7, 11) is 3.52. The molecule has 34 heavy (non-hydrogen) atoms. The molecular weight excluding hydrogens is 435 g/mol. The van der Waals surface area contributed by atoms with Gasteiger partial charge < -0.3 is 19.4 Å². The molecule has 2 bridgehead atoms. The smallest absolute Gasteiger partial charge is 0.410 e. The summed E-state index contributed by atoms with van der Waals surface area (Å²) < 4.78 is 19.8. The molecule has 0 N–H and O–H groups in total. The Morgan fingerprint density at radius 2 is 1.74 bits per heavy atom. The summed E-state index contributed by atoms with van der Waals surface area (Å²) in [5, 5.41) is 0. The highest BCUT2D eigenvalue weighted by Crippen LogP contribution is 2.48. The minimum Gasteiger partial charge on any atom is -0.447 e. The summed E-state index contributed by atoms with van der Waals surface area (Å²) in [4.78, 5) is 33.5. The van der Waals surface area contributed by atoms with Crippen LogP contribution in [0.5, 0.6) is 0 Å². The van der Waals surface area contributed by atoms with Gasteiger partial charge in [0, 0.05) is 49.9 Å². The van der Waals surface area contributed by atoms with E-state index in [1.165, 1.54) is 6.07 Å². The van der Waals surface area contributed by atoms with Crippen LogP contribution in [0.3, 0.4) is 0 Å². The number of benzene rings is 1. The first-order chi connectivity index (χ1) is 16.2. The van der Waals surface area contributed by atoms with Crippen LogP contribution in [0.2, 0.25) is 0 Å². The number of fused-ring (bicyclic) bond motifs is 4. The van der Waals surface area contributed by atoms with Crippen molar-refractivity contribution in [2.45, 2.75) is 82.0 Å². The molecule has 8 heteroatoms. The molecule has 1 spiro atoms. The van der Waals surface area contributed by atoms with Crippen LogP contribution in [0.15, 0.2) is 18.2 Å². The second-order valence-corrected chi connectivity index (χ2v) is 11.1. The molecule has 0 aliphatic carbocycles. The summed E-state index contributed by atoms with van der Waals surface area (Å²) in [5.41, 5.74) is 1.64. The number of carbonyl (C=O) groups is 2. The number of amides is 3. The standard InChI is InChI=1S/C26H37FN4O3/c1-17(2)34-25(33)31-19-6-7-20(31)15-21(14-19)29-11-9-26(10-12-29)16-30(24(32)28(3)4)23-8-5-18(27)13-22(23)26/h5,8,13,17,19-21H,6-7,9-12,14-16H2,1-4H3. The molecule has 3 amide bonds. The predicted octanol–water partition coefficient (Wildman–Crippen LogP) is 4.20. The van der Waals surface area contributed by atoms with Crippen LogP contribution < -0.4 is 4.90 Å². The van der Waals surface area contributed by atoms with Gasteiger partial charge in [-0.2, -0.15) is 0 Å². The zero-order valence-corrected chi connectivity index (χ0v) is 20.8. The predicted molar refractivity (Wildman–Crippen MR) is 129 cm³/mol. The van der Waals surface area contributed by atoms with E-state index in [9.17, 15) is 14.0 Å². The first-order valence-corrected chi connectivity index (χ1v) is 12.7. The highest BCUT2D eigenvalue weighted by atomic mass is 19.1. The number of hydrogen-bond acceptors (Lipinski definition) is 4. The molecule has 3 fully saturated rings. The molecule has 3 saturated heterocycles. The van der Waals surface area contributed by atoms with E-state index in [1.54, 1.807) is 31.1 Å². The van der Waals surface area contributed by atoms with Gasteiger partial charge >= 0.3 is 12.1 Å². The van der Waals surface area contributed by atoms with E-state index < -0.39 is 0 Å². The molecule has 1 aromatic carbocycles. The SMILES string of the molecule is CC(C)OC(=O)N1C2CCC1CC(N1CCC3(CC1)CN(C(=O)N(C)C)c1ccc(F)cc13)C2. The topological polar surface area (TPSA) is 56.3 Å². The Morgan fingerprint density at radius 3 is 2.32 bits per heavy atom. The lowest BCUT2D eigenvalue weighted by molar-refractivity contribution is 0.0176. The Morgan fingerprint density at radius 1 is 1.09 bits per heavy atom. The molecule has 1 aromatic rings. The fourth-order valence-corrected chi connectivity index (χ4v) is 6.81. The zero-order valence-electron chi connectivity index (χ0n) is 20.8. The van der Waals surface area contributed by atoms with Crippen LogP contribution in [0.4, 0.5) is 19.7 Å². The van der Waals surface area contributed by atoms with Crippen LogP contribution in [-0.4, -0.2) is 84.8 Å². The van der Waals surface area contributed by atoms with Gasteiger partial charge in [0.15, 0.2) is 0 Å². The van der Waals surface area contributed by atoms with E-state index in [0.717, 1.165) is 62.9 Å². The minimum absolute atomic E-state index is 0.0515. The number of anilines is 1. The van der Waals surface area contributed by atoms with Gasteiger partial charge in [-0.25, -0.2) is 14.0 Å². The maximum absolute atomic E-state index is 14.3. The van der Waals surface area contributed by atoms with E-state index in [4.69, 9.17) is 4.74 Å².